The zero-order chi connectivity index (χ0) is 16.7. The van der Waals surface area contributed by atoms with Crippen molar-refractivity contribution in [2.24, 2.45) is 0 Å². The van der Waals surface area contributed by atoms with E-state index >= 15 is 0 Å². The molecule has 23 heavy (non-hydrogen) atoms. The Morgan fingerprint density at radius 2 is 1.61 bits per heavy atom. The molecule has 0 aliphatic heterocycles. The molecular formula is C19H23NO2Se. The van der Waals surface area contributed by atoms with Crippen LogP contribution in [0.3, 0.4) is 0 Å². The number of carbonyl (C=O) groups is 1. The van der Waals surface area contributed by atoms with E-state index in [0.29, 0.717) is 0 Å². The average molecular weight is 376 g/mol. The number of benzene rings is 2. The van der Waals surface area contributed by atoms with E-state index in [-0.39, 0.29) is 27.1 Å². The third kappa shape index (κ3) is 6.47. The molecule has 1 N–H and O–H groups in total. The molecule has 0 radical (unpaired) electrons. The molecule has 3 nitrogen and oxygen atoms in total. The van der Waals surface area contributed by atoms with E-state index in [9.17, 15) is 4.79 Å². The van der Waals surface area contributed by atoms with Crippen molar-refractivity contribution in [3.8, 4) is 0 Å². The molecule has 0 aliphatic rings. The van der Waals surface area contributed by atoms with Crippen LogP contribution in [0, 0.1) is 0 Å². The number of amides is 1. The molecular weight excluding hydrogens is 353 g/mol. The topological polar surface area (TPSA) is 38.3 Å². The first-order valence-electron chi connectivity index (χ1n) is 7.66. The zero-order valence-corrected chi connectivity index (χ0v) is 15.5. The van der Waals surface area contributed by atoms with E-state index in [0.717, 1.165) is 10.9 Å². The van der Waals surface area contributed by atoms with Gasteiger partial charge in [0.25, 0.3) is 0 Å². The molecule has 0 aliphatic carbocycles. The first-order chi connectivity index (χ1) is 10.9. The van der Waals surface area contributed by atoms with Gasteiger partial charge in [0.15, 0.2) is 0 Å². The van der Waals surface area contributed by atoms with Gasteiger partial charge < -0.3 is 0 Å². The predicted octanol–water partition coefficient (Wildman–Crippen LogP) is 3.70. The van der Waals surface area contributed by atoms with Crippen LogP contribution in [0.5, 0.6) is 0 Å². The monoisotopic (exact) mass is 377 g/mol. The molecule has 0 fully saturated rings. The SMILES string of the molecule is CC(C)(C)OC(=O)N[C@@H](C[Se]c1ccccc1)c1ccccc1. The number of ether oxygens (including phenoxy) is 1. The number of hydrogen-bond acceptors (Lipinski definition) is 2. The minimum atomic E-state index is -0.490. The molecule has 0 spiro atoms. The molecule has 0 heterocycles. The number of carbonyl (C=O) groups excluding carboxylic acids is 1. The van der Waals surface area contributed by atoms with Crippen LogP contribution in [0.15, 0.2) is 60.7 Å². The van der Waals surface area contributed by atoms with Crippen molar-refractivity contribution in [1.82, 2.24) is 5.32 Å². The van der Waals surface area contributed by atoms with Crippen molar-refractivity contribution >= 4 is 25.5 Å². The second-order valence-corrected chi connectivity index (χ2v) is 8.53. The second kappa shape index (κ2) is 8.19. The van der Waals surface area contributed by atoms with E-state index in [1.165, 1.54) is 4.46 Å². The van der Waals surface area contributed by atoms with Crippen LogP contribution >= 0.6 is 0 Å². The molecule has 0 saturated heterocycles. The minimum absolute atomic E-state index is 0.0359. The van der Waals surface area contributed by atoms with Gasteiger partial charge in [0.2, 0.25) is 0 Å². The molecule has 0 aromatic heterocycles. The van der Waals surface area contributed by atoms with Crippen molar-refractivity contribution in [2.45, 2.75) is 37.7 Å². The second-order valence-electron chi connectivity index (χ2n) is 6.23. The number of nitrogens with one attached hydrogen (secondary N) is 1. The van der Waals surface area contributed by atoms with Gasteiger partial charge >= 0.3 is 144 Å². The molecule has 4 heteroatoms. The summed E-state index contributed by atoms with van der Waals surface area (Å²) in [5.74, 6) is 0. The molecule has 2 aromatic rings. The Balaban J connectivity index is 2.05. The fraction of sp³-hybridized carbons (Fsp3) is 0.316. The Bertz CT molecular complexity index is 608. The van der Waals surface area contributed by atoms with Crippen LogP contribution in [0.2, 0.25) is 5.32 Å². The van der Waals surface area contributed by atoms with Crippen LogP contribution in [0.25, 0.3) is 0 Å². The van der Waals surface area contributed by atoms with E-state index < -0.39 is 5.60 Å². The molecule has 2 rings (SSSR count). The summed E-state index contributed by atoms with van der Waals surface area (Å²) in [5.41, 5.74) is 0.617. The average Bonchev–Trinajstić information content (AvgIpc) is 2.51. The van der Waals surface area contributed by atoms with Crippen LogP contribution < -0.4 is 9.78 Å². The number of alkyl carbamates (subject to hydrolysis) is 1. The van der Waals surface area contributed by atoms with Crippen molar-refractivity contribution < 1.29 is 9.53 Å². The van der Waals surface area contributed by atoms with Gasteiger partial charge in [-0.1, -0.05) is 0 Å². The van der Waals surface area contributed by atoms with E-state index in [2.05, 4.69) is 29.6 Å². The Morgan fingerprint density at radius 3 is 2.17 bits per heavy atom. The fourth-order valence-electron chi connectivity index (χ4n) is 2.05. The molecule has 0 unspecified atom stereocenters. The standard InChI is InChI=1S/C19H23NO2Se/c1-19(2,3)22-18(21)20-17(15-10-6-4-7-11-15)14-23-16-12-8-5-9-13-16/h4-13,17H,14H2,1-3H3,(H,20,21)/t17-/m0/s1. The van der Waals surface area contributed by atoms with Crippen molar-refractivity contribution in [3.63, 3.8) is 0 Å². The van der Waals surface area contributed by atoms with Gasteiger partial charge in [0.1, 0.15) is 0 Å². The van der Waals surface area contributed by atoms with Gasteiger partial charge in [-0.2, -0.15) is 0 Å². The number of hydrogen-bond donors (Lipinski definition) is 1. The summed E-state index contributed by atoms with van der Waals surface area (Å²) in [4.78, 5) is 12.1. The summed E-state index contributed by atoms with van der Waals surface area (Å²) in [6, 6.07) is 20.4. The van der Waals surface area contributed by atoms with E-state index in [1.54, 1.807) is 0 Å². The van der Waals surface area contributed by atoms with Crippen LogP contribution in [-0.4, -0.2) is 26.7 Å². The Kier molecular flexibility index (Phi) is 6.26. The zero-order valence-electron chi connectivity index (χ0n) is 13.8. The van der Waals surface area contributed by atoms with Crippen molar-refractivity contribution in [1.29, 1.82) is 0 Å². The maximum atomic E-state index is 12.1. The molecule has 122 valence electrons. The molecule has 1 amide bonds. The van der Waals surface area contributed by atoms with Crippen molar-refractivity contribution in [2.75, 3.05) is 0 Å². The molecule has 0 saturated carbocycles. The molecule has 1 atom stereocenters. The molecule has 2 aromatic carbocycles. The predicted molar refractivity (Wildman–Crippen MR) is 95.2 cm³/mol. The summed E-state index contributed by atoms with van der Waals surface area (Å²) in [6.07, 6.45) is -0.366. The third-order valence-electron chi connectivity index (χ3n) is 3.05. The summed E-state index contributed by atoms with van der Waals surface area (Å²) in [5, 5.41) is 3.90. The van der Waals surface area contributed by atoms with Gasteiger partial charge in [0.05, 0.1) is 0 Å². The van der Waals surface area contributed by atoms with Gasteiger partial charge in [-0.25, -0.2) is 0 Å². The summed E-state index contributed by atoms with van der Waals surface area (Å²) in [6.45, 7) is 5.62. The van der Waals surface area contributed by atoms with Crippen LogP contribution in [0.1, 0.15) is 32.4 Å². The van der Waals surface area contributed by atoms with Gasteiger partial charge in [-0.05, 0) is 0 Å². The molecule has 0 bridgehead atoms. The number of rotatable bonds is 5. The Labute approximate surface area is 144 Å². The Hall–Kier alpha value is -1.77. The van der Waals surface area contributed by atoms with E-state index in [4.69, 9.17) is 4.74 Å². The normalized spacial score (nSPS) is 12.5. The first kappa shape index (κ1) is 17.6. The van der Waals surface area contributed by atoms with Gasteiger partial charge in [-0.15, -0.1) is 0 Å². The summed E-state index contributed by atoms with van der Waals surface area (Å²) < 4.78 is 6.72. The summed E-state index contributed by atoms with van der Waals surface area (Å²) in [7, 11) is 0. The van der Waals surface area contributed by atoms with E-state index in [1.807, 2.05) is 57.2 Å². The van der Waals surface area contributed by atoms with Gasteiger partial charge in [-0.3, -0.25) is 0 Å². The third-order valence-corrected chi connectivity index (χ3v) is 5.37. The van der Waals surface area contributed by atoms with Crippen LogP contribution in [0.4, 0.5) is 4.79 Å². The maximum absolute atomic E-state index is 12.1. The van der Waals surface area contributed by atoms with Gasteiger partial charge in [0, 0.05) is 0 Å². The fourth-order valence-corrected chi connectivity index (χ4v) is 4.12. The summed E-state index contributed by atoms with van der Waals surface area (Å²) >= 11 is 0.288. The Morgan fingerprint density at radius 1 is 1.04 bits per heavy atom. The van der Waals surface area contributed by atoms with Crippen LogP contribution in [-0.2, 0) is 4.74 Å². The van der Waals surface area contributed by atoms with Crippen molar-refractivity contribution in [3.05, 3.63) is 66.2 Å². The quantitative estimate of drug-likeness (QED) is 0.809. The first-order valence-corrected chi connectivity index (χ1v) is 9.73.